The average Bonchev–Trinajstić information content (AvgIpc) is 2.97. The molecule has 2 amide bonds. The number of carbonyl (C=O) groups excluding carboxylic acids is 3. The molecule has 0 bridgehead atoms. The van der Waals surface area contributed by atoms with Crippen molar-refractivity contribution in [2.45, 2.75) is 25.7 Å². The second-order valence-electron chi connectivity index (χ2n) is 6.60. The van der Waals surface area contributed by atoms with Crippen LogP contribution in [0.1, 0.15) is 56.8 Å². The van der Waals surface area contributed by atoms with Crippen molar-refractivity contribution in [1.82, 2.24) is 4.90 Å². The molecule has 0 N–H and O–H groups in total. The van der Waals surface area contributed by atoms with E-state index in [9.17, 15) is 14.4 Å². The second kappa shape index (κ2) is 9.17. The van der Waals surface area contributed by atoms with Crippen LogP contribution in [0.15, 0.2) is 42.5 Å². The summed E-state index contributed by atoms with van der Waals surface area (Å²) in [6, 6.07) is 12.0. The molecule has 6 heteroatoms. The third-order valence-electron chi connectivity index (χ3n) is 4.74. The molecule has 146 valence electrons. The van der Waals surface area contributed by atoms with Gasteiger partial charge in [-0.05, 0) is 43.2 Å². The van der Waals surface area contributed by atoms with Gasteiger partial charge in [0, 0.05) is 12.1 Å². The third-order valence-corrected chi connectivity index (χ3v) is 4.74. The topological polar surface area (TPSA) is 72.9 Å². The second-order valence-corrected chi connectivity index (χ2v) is 6.60. The molecule has 2 aromatic carbocycles. The van der Waals surface area contributed by atoms with Crippen molar-refractivity contribution in [1.29, 1.82) is 0 Å². The number of amides is 2. The number of aldehydes is 1. The number of fused-ring (bicyclic) bond motifs is 1. The van der Waals surface area contributed by atoms with E-state index in [1.807, 2.05) is 0 Å². The number of hydrogen-bond donors (Lipinski definition) is 0. The zero-order valence-electron chi connectivity index (χ0n) is 15.8. The molecule has 1 heterocycles. The molecule has 2 aromatic rings. The Balaban J connectivity index is 1.38. The Bertz CT molecular complexity index is 842. The Hall–Kier alpha value is -3.15. The predicted octanol–water partition coefficient (Wildman–Crippen LogP) is 3.74. The van der Waals surface area contributed by atoms with E-state index in [1.54, 1.807) is 49.6 Å². The largest absolute Gasteiger partial charge is 0.493 e. The van der Waals surface area contributed by atoms with Crippen LogP contribution in [0.25, 0.3) is 0 Å². The number of carbonyl (C=O) groups is 3. The number of rotatable bonds is 10. The summed E-state index contributed by atoms with van der Waals surface area (Å²) in [6.07, 6.45) is 4.17. The zero-order chi connectivity index (χ0) is 19.9. The molecule has 6 nitrogen and oxygen atoms in total. The van der Waals surface area contributed by atoms with Gasteiger partial charge in [-0.15, -0.1) is 0 Å². The van der Waals surface area contributed by atoms with Gasteiger partial charge in [-0.1, -0.05) is 25.0 Å². The van der Waals surface area contributed by atoms with Crippen molar-refractivity contribution in [3.63, 3.8) is 0 Å². The normalized spacial score (nSPS) is 12.8. The Morgan fingerprint density at radius 2 is 1.57 bits per heavy atom. The van der Waals surface area contributed by atoms with Crippen LogP contribution in [0.2, 0.25) is 0 Å². The summed E-state index contributed by atoms with van der Waals surface area (Å²) in [5.74, 6) is 0.742. The van der Waals surface area contributed by atoms with E-state index in [1.165, 1.54) is 4.90 Å². The molecule has 28 heavy (non-hydrogen) atoms. The van der Waals surface area contributed by atoms with E-state index in [0.717, 1.165) is 32.0 Å². The van der Waals surface area contributed by atoms with E-state index >= 15 is 0 Å². The van der Waals surface area contributed by atoms with Gasteiger partial charge in [0.25, 0.3) is 11.8 Å². The Morgan fingerprint density at radius 3 is 2.21 bits per heavy atom. The van der Waals surface area contributed by atoms with Crippen molar-refractivity contribution in [3.8, 4) is 11.5 Å². The highest BCUT2D eigenvalue weighted by Crippen LogP contribution is 2.28. The maximum absolute atomic E-state index is 12.3. The van der Waals surface area contributed by atoms with Gasteiger partial charge in [-0.25, -0.2) is 0 Å². The van der Waals surface area contributed by atoms with Crippen LogP contribution in [0.3, 0.4) is 0 Å². The summed E-state index contributed by atoms with van der Waals surface area (Å²) >= 11 is 0. The fourth-order valence-corrected chi connectivity index (χ4v) is 3.23. The third kappa shape index (κ3) is 4.22. The van der Waals surface area contributed by atoms with Gasteiger partial charge in [0.15, 0.2) is 11.5 Å². The minimum absolute atomic E-state index is 0.203. The first-order valence-corrected chi connectivity index (χ1v) is 9.37. The summed E-state index contributed by atoms with van der Waals surface area (Å²) in [6.45, 7) is 0.939. The quantitative estimate of drug-likeness (QED) is 0.356. The maximum Gasteiger partial charge on any atom is 0.261 e. The molecule has 0 aromatic heterocycles. The zero-order valence-corrected chi connectivity index (χ0v) is 15.8. The summed E-state index contributed by atoms with van der Waals surface area (Å²) in [7, 11) is 1.56. The lowest BCUT2D eigenvalue weighted by Crippen LogP contribution is -2.30. The molecule has 3 rings (SSSR count). The van der Waals surface area contributed by atoms with Crippen molar-refractivity contribution < 1.29 is 23.9 Å². The van der Waals surface area contributed by atoms with Gasteiger partial charge in [0.2, 0.25) is 0 Å². The van der Waals surface area contributed by atoms with Crippen molar-refractivity contribution in [2.24, 2.45) is 0 Å². The summed E-state index contributed by atoms with van der Waals surface area (Å²) in [5, 5.41) is 0. The molecule has 0 radical (unpaired) electrons. The molecule has 0 saturated carbocycles. The number of ether oxygens (including phenoxy) is 2. The van der Waals surface area contributed by atoms with Crippen LogP contribution in [0, 0.1) is 0 Å². The number of benzene rings is 2. The molecule has 0 saturated heterocycles. The molecule has 0 unspecified atom stereocenters. The lowest BCUT2D eigenvalue weighted by molar-refractivity contribution is 0.0651. The molecule has 0 spiro atoms. The minimum atomic E-state index is -0.203. The number of hydrogen-bond acceptors (Lipinski definition) is 5. The fraction of sp³-hybridized carbons (Fsp3) is 0.318. The molecule has 1 aliphatic heterocycles. The number of methoxy groups -OCH3 is 1. The first-order chi connectivity index (χ1) is 13.7. The van der Waals surface area contributed by atoms with E-state index in [-0.39, 0.29) is 11.8 Å². The van der Waals surface area contributed by atoms with Gasteiger partial charge in [-0.2, -0.15) is 0 Å². The van der Waals surface area contributed by atoms with Crippen LogP contribution in [0.5, 0.6) is 11.5 Å². The first kappa shape index (κ1) is 19.6. The van der Waals surface area contributed by atoms with Gasteiger partial charge in [0.05, 0.1) is 24.8 Å². The highest BCUT2D eigenvalue weighted by molar-refractivity contribution is 6.21. The van der Waals surface area contributed by atoms with E-state index < -0.39 is 0 Å². The lowest BCUT2D eigenvalue weighted by Gasteiger charge is -2.13. The van der Waals surface area contributed by atoms with E-state index in [4.69, 9.17) is 9.47 Å². The first-order valence-electron chi connectivity index (χ1n) is 9.37. The van der Waals surface area contributed by atoms with Gasteiger partial charge in [0.1, 0.15) is 6.29 Å². The maximum atomic E-state index is 12.3. The summed E-state index contributed by atoms with van der Waals surface area (Å²) in [4.78, 5) is 36.8. The number of imide groups is 1. The predicted molar refractivity (Wildman–Crippen MR) is 104 cm³/mol. The van der Waals surface area contributed by atoms with Crippen LogP contribution >= 0.6 is 0 Å². The highest BCUT2D eigenvalue weighted by Gasteiger charge is 2.34. The Morgan fingerprint density at radius 1 is 0.893 bits per heavy atom. The molecule has 0 aliphatic carbocycles. The van der Waals surface area contributed by atoms with Gasteiger partial charge in [-0.3, -0.25) is 19.3 Å². The molecule has 0 atom stereocenters. The summed E-state index contributed by atoms with van der Waals surface area (Å²) in [5.41, 5.74) is 1.52. The SMILES string of the molecule is COc1ccc(C=O)cc1OCCCCCCN1C(=O)c2ccccc2C1=O. The Labute approximate surface area is 164 Å². The summed E-state index contributed by atoms with van der Waals surface area (Å²) < 4.78 is 11.0. The van der Waals surface area contributed by atoms with Gasteiger partial charge < -0.3 is 9.47 Å². The monoisotopic (exact) mass is 381 g/mol. The lowest BCUT2D eigenvalue weighted by atomic mass is 10.1. The molecule has 1 aliphatic rings. The highest BCUT2D eigenvalue weighted by atomic mass is 16.5. The Kier molecular flexibility index (Phi) is 6.42. The smallest absolute Gasteiger partial charge is 0.261 e. The average molecular weight is 381 g/mol. The van der Waals surface area contributed by atoms with Crippen molar-refractivity contribution in [3.05, 3.63) is 59.2 Å². The molecular formula is C22H23NO5. The number of nitrogens with zero attached hydrogens (tertiary/aromatic N) is 1. The fourth-order valence-electron chi connectivity index (χ4n) is 3.23. The van der Waals surface area contributed by atoms with Crippen LogP contribution in [0.4, 0.5) is 0 Å². The van der Waals surface area contributed by atoms with Crippen molar-refractivity contribution >= 4 is 18.1 Å². The van der Waals surface area contributed by atoms with Crippen LogP contribution in [-0.2, 0) is 0 Å². The van der Waals surface area contributed by atoms with Crippen LogP contribution in [-0.4, -0.2) is 43.3 Å². The molecular weight excluding hydrogens is 358 g/mol. The van der Waals surface area contributed by atoms with Crippen molar-refractivity contribution in [2.75, 3.05) is 20.3 Å². The van der Waals surface area contributed by atoms with Crippen LogP contribution < -0.4 is 9.47 Å². The number of unbranched alkanes of at least 4 members (excludes halogenated alkanes) is 3. The van der Waals surface area contributed by atoms with E-state index in [0.29, 0.717) is 41.3 Å². The molecule has 0 fully saturated rings. The minimum Gasteiger partial charge on any atom is -0.493 e. The van der Waals surface area contributed by atoms with Gasteiger partial charge >= 0.3 is 0 Å². The van der Waals surface area contributed by atoms with E-state index in [2.05, 4.69) is 0 Å². The standard InChI is InChI=1S/C22H23NO5/c1-27-19-11-10-16(15-24)14-20(19)28-13-7-3-2-6-12-23-21(25)17-8-4-5-9-18(17)22(23)26/h4-5,8-11,14-15H,2-3,6-7,12-13H2,1H3.